The second kappa shape index (κ2) is 11.3. The summed E-state index contributed by atoms with van der Waals surface area (Å²) in [7, 11) is 0. The van der Waals surface area contributed by atoms with Gasteiger partial charge in [0.05, 0.1) is 26.4 Å². The topological polar surface area (TPSA) is 36.9 Å². The third-order valence-corrected chi connectivity index (χ3v) is 5.55. The quantitative estimate of drug-likeness (QED) is 0.393. The Labute approximate surface area is 170 Å². The molecule has 0 spiro atoms. The minimum absolute atomic E-state index is 0.0978. The van der Waals surface area contributed by atoms with E-state index >= 15 is 0 Å². The van der Waals surface area contributed by atoms with E-state index in [9.17, 15) is 13.2 Å². The van der Waals surface area contributed by atoms with E-state index in [0.717, 1.165) is 51.0 Å². The number of ether oxygens (including phenoxy) is 4. The van der Waals surface area contributed by atoms with E-state index in [1.165, 1.54) is 19.3 Å². The van der Waals surface area contributed by atoms with Crippen molar-refractivity contribution < 1.29 is 32.1 Å². The number of benzene rings is 1. The van der Waals surface area contributed by atoms with Gasteiger partial charge in [0, 0.05) is 17.4 Å². The molecule has 2 fully saturated rings. The SMILES string of the molecule is CCCC[C@H]1CO[C@H](CCCC[C@H]2CO[C@H](c3cc(F)c(F)c(F)c3)OC2)OC1. The highest BCUT2D eigenvalue weighted by molar-refractivity contribution is 5.20. The Morgan fingerprint density at radius 1 is 0.759 bits per heavy atom. The summed E-state index contributed by atoms with van der Waals surface area (Å²) in [5.74, 6) is -3.20. The van der Waals surface area contributed by atoms with Crippen molar-refractivity contribution in [1.29, 1.82) is 0 Å². The summed E-state index contributed by atoms with van der Waals surface area (Å²) in [4.78, 5) is 0. The van der Waals surface area contributed by atoms with E-state index < -0.39 is 23.7 Å². The molecule has 4 nitrogen and oxygen atoms in total. The molecule has 2 heterocycles. The maximum atomic E-state index is 13.4. The first-order valence-corrected chi connectivity index (χ1v) is 10.7. The van der Waals surface area contributed by atoms with E-state index in [2.05, 4.69) is 6.92 Å². The normalized spacial score (nSPS) is 27.9. The lowest BCUT2D eigenvalue weighted by Gasteiger charge is -2.30. The number of unbranched alkanes of at least 4 members (excludes halogenated alkanes) is 2. The van der Waals surface area contributed by atoms with Crippen LogP contribution in [0, 0.1) is 29.3 Å². The van der Waals surface area contributed by atoms with Gasteiger partial charge in [-0.15, -0.1) is 0 Å². The Morgan fingerprint density at radius 3 is 1.86 bits per heavy atom. The molecule has 7 heteroatoms. The first-order chi connectivity index (χ1) is 14.1. The van der Waals surface area contributed by atoms with Crippen LogP contribution in [0.5, 0.6) is 0 Å². The van der Waals surface area contributed by atoms with Gasteiger partial charge in [-0.1, -0.05) is 26.2 Å². The molecule has 0 amide bonds. The van der Waals surface area contributed by atoms with Crippen LogP contribution < -0.4 is 0 Å². The second-order valence-corrected chi connectivity index (χ2v) is 8.05. The molecule has 0 N–H and O–H groups in total. The fourth-order valence-electron chi connectivity index (χ4n) is 3.77. The monoisotopic (exact) mass is 416 g/mol. The lowest BCUT2D eigenvalue weighted by molar-refractivity contribution is -0.208. The average Bonchev–Trinajstić information content (AvgIpc) is 2.74. The van der Waals surface area contributed by atoms with Gasteiger partial charge in [-0.2, -0.15) is 0 Å². The Balaban J connectivity index is 1.29. The molecule has 0 saturated carbocycles. The summed E-state index contributed by atoms with van der Waals surface area (Å²) in [6, 6.07) is 1.83. The molecule has 0 bridgehead atoms. The standard InChI is InChI=1S/C22H31F3O4/c1-2-3-6-15-11-26-20(27-12-15)8-5-4-7-16-13-28-22(29-14-16)17-9-18(23)21(25)19(24)10-17/h9-10,15-16,20,22H,2-8,11-14H2,1H3/t15-,16-,20-,22-. The molecule has 2 saturated heterocycles. The summed E-state index contributed by atoms with van der Waals surface area (Å²) in [5, 5.41) is 0. The molecule has 0 aliphatic carbocycles. The van der Waals surface area contributed by atoms with E-state index in [1.54, 1.807) is 0 Å². The molecule has 1 aromatic rings. The highest BCUT2D eigenvalue weighted by Gasteiger charge is 2.26. The molecule has 0 radical (unpaired) electrons. The third-order valence-electron chi connectivity index (χ3n) is 5.55. The molecular formula is C22H31F3O4. The van der Waals surface area contributed by atoms with Gasteiger partial charge in [0.15, 0.2) is 30.0 Å². The maximum absolute atomic E-state index is 13.4. The van der Waals surface area contributed by atoms with Crippen LogP contribution in [0.1, 0.15) is 63.7 Å². The van der Waals surface area contributed by atoms with Crippen molar-refractivity contribution in [2.24, 2.45) is 11.8 Å². The summed E-state index contributed by atoms with van der Waals surface area (Å²) in [6.07, 6.45) is 6.45. The third kappa shape index (κ3) is 6.67. The Bertz CT molecular complexity index is 603. The molecule has 0 aromatic heterocycles. The largest absolute Gasteiger partial charge is 0.352 e. The van der Waals surface area contributed by atoms with Gasteiger partial charge < -0.3 is 18.9 Å². The number of rotatable bonds is 9. The highest BCUT2D eigenvalue weighted by Crippen LogP contribution is 2.29. The number of hydrogen-bond acceptors (Lipinski definition) is 4. The maximum Gasteiger partial charge on any atom is 0.194 e. The minimum Gasteiger partial charge on any atom is -0.352 e. The highest BCUT2D eigenvalue weighted by atomic mass is 19.2. The van der Waals surface area contributed by atoms with E-state index in [1.807, 2.05) is 0 Å². The molecule has 2 aliphatic heterocycles. The van der Waals surface area contributed by atoms with Crippen LogP contribution in [0.15, 0.2) is 12.1 Å². The van der Waals surface area contributed by atoms with Crippen LogP contribution in [0.25, 0.3) is 0 Å². The lowest BCUT2D eigenvalue weighted by Crippen LogP contribution is -2.32. The van der Waals surface area contributed by atoms with E-state index in [-0.39, 0.29) is 17.8 Å². The molecule has 3 rings (SSSR count). The summed E-state index contributed by atoms with van der Waals surface area (Å²) in [6.45, 7) is 4.67. The van der Waals surface area contributed by atoms with E-state index in [4.69, 9.17) is 18.9 Å². The Kier molecular flexibility index (Phi) is 8.78. The molecule has 0 unspecified atom stereocenters. The van der Waals surface area contributed by atoms with Crippen LogP contribution in [-0.2, 0) is 18.9 Å². The lowest BCUT2D eigenvalue weighted by atomic mass is 10.0. The first kappa shape index (κ1) is 22.5. The molecular weight excluding hydrogens is 385 g/mol. The first-order valence-electron chi connectivity index (χ1n) is 10.7. The van der Waals surface area contributed by atoms with Gasteiger partial charge in [0.25, 0.3) is 0 Å². The molecule has 2 aliphatic rings. The van der Waals surface area contributed by atoms with Crippen molar-refractivity contribution in [3.05, 3.63) is 35.1 Å². The van der Waals surface area contributed by atoms with Gasteiger partial charge in [-0.25, -0.2) is 13.2 Å². The van der Waals surface area contributed by atoms with Crippen molar-refractivity contribution in [3.8, 4) is 0 Å². The van der Waals surface area contributed by atoms with Gasteiger partial charge in [-0.05, 0) is 37.8 Å². The molecule has 1 aromatic carbocycles. The summed E-state index contributed by atoms with van der Waals surface area (Å²) < 4.78 is 62.6. The van der Waals surface area contributed by atoms with Crippen molar-refractivity contribution in [1.82, 2.24) is 0 Å². The van der Waals surface area contributed by atoms with Crippen molar-refractivity contribution in [2.75, 3.05) is 26.4 Å². The van der Waals surface area contributed by atoms with Crippen LogP contribution in [0.4, 0.5) is 13.2 Å². The molecule has 164 valence electrons. The fourth-order valence-corrected chi connectivity index (χ4v) is 3.77. The van der Waals surface area contributed by atoms with E-state index in [0.29, 0.717) is 19.1 Å². The van der Waals surface area contributed by atoms with Crippen LogP contribution in [-0.4, -0.2) is 32.7 Å². The van der Waals surface area contributed by atoms with Crippen molar-refractivity contribution in [3.63, 3.8) is 0 Å². The minimum atomic E-state index is -1.48. The predicted molar refractivity (Wildman–Crippen MR) is 102 cm³/mol. The average molecular weight is 416 g/mol. The smallest absolute Gasteiger partial charge is 0.194 e. The predicted octanol–water partition coefficient (Wildman–Crippen LogP) is 5.51. The molecule has 29 heavy (non-hydrogen) atoms. The zero-order valence-electron chi connectivity index (χ0n) is 17.0. The van der Waals surface area contributed by atoms with Crippen LogP contribution in [0.2, 0.25) is 0 Å². The van der Waals surface area contributed by atoms with Gasteiger partial charge in [-0.3, -0.25) is 0 Å². The number of hydrogen-bond donors (Lipinski definition) is 0. The number of halogens is 3. The van der Waals surface area contributed by atoms with Gasteiger partial charge in [0.2, 0.25) is 0 Å². The fraction of sp³-hybridized carbons (Fsp3) is 0.727. The van der Waals surface area contributed by atoms with Crippen molar-refractivity contribution in [2.45, 2.75) is 64.4 Å². The van der Waals surface area contributed by atoms with Crippen LogP contribution in [0.3, 0.4) is 0 Å². The second-order valence-electron chi connectivity index (χ2n) is 8.05. The Hall–Kier alpha value is -1.15. The summed E-state index contributed by atoms with van der Waals surface area (Å²) in [5.41, 5.74) is 0.156. The van der Waals surface area contributed by atoms with Crippen LogP contribution >= 0.6 is 0 Å². The Morgan fingerprint density at radius 2 is 1.28 bits per heavy atom. The zero-order chi connectivity index (χ0) is 20.6. The van der Waals surface area contributed by atoms with Gasteiger partial charge in [0.1, 0.15) is 0 Å². The molecule has 0 atom stereocenters. The van der Waals surface area contributed by atoms with Gasteiger partial charge >= 0.3 is 0 Å². The van der Waals surface area contributed by atoms with Crippen molar-refractivity contribution >= 4 is 0 Å². The summed E-state index contributed by atoms with van der Waals surface area (Å²) >= 11 is 0. The zero-order valence-corrected chi connectivity index (χ0v) is 17.0.